The summed E-state index contributed by atoms with van der Waals surface area (Å²) < 4.78 is 0. The highest BCUT2D eigenvalue weighted by Crippen LogP contribution is 2.30. The van der Waals surface area contributed by atoms with E-state index in [1.807, 2.05) is 19.1 Å². The highest BCUT2D eigenvalue weighted by molar-refractivity contribution is 8.00. The van der Waals surface area contributed by atoms with E-state index in [0.29, 0.717) is 6.42 Å². The summed E-state index contributed by atoms with van der Waals surface area (Å²) >= 11 is 1.74. The first-order valence-electron chi connectivity index (χ1n) is 7.09. The first-order chi connectivity index (χ1) is 9.39. The molecule has 1 rings (SSSR count). The Morgan fingerprint density at radius 2 is 2.10 bits per heavy atom. The summed E-state index contributed by atoms with van der Waals surface area (Å²) in [4.78, 5) is 12.7. The van der Waals surface area contributed by atoms with Crippen LogP contribution in [-0.2, 0) is 4.79 Å². The molecular formula is C16H25NO2S. The van der Waals surface area contributed by atoms with E-state index in [2.05, 4.69) is 31.3 Å². The molecule has 0 amide bonds. The van der Waals surface area contributed by atoms with Gasteiger partial charge in [0.25, 0.3) is 0 Å². The number of aryl methyl sites for hydroxylation is 1. The monoisotopic (exact) mass is 295 g/mol. The molecule has 0 radical (unpaired) electrons. The van der Waals surface area contributed by atoms with Gasteiger partial charge in [0, 0.05) is 10.1 Å². The van der Waals surface area contributed by atoms with E-state index in [0.717, 1.165) is 13.0 Å². The molecule has 0 aliphatic heterocycles. The molecule has 0 bridgehead atoms. The number of carbonyl (C=O) groups is 1. The van der Waals surface area contributed by atoms with Gasteiger partial charge in [-0.2, -0.15) is 0 Å². The molecule has 2 unspecified atom stereocenters. The van der Waals surface area contributed by atoms with Crippen molar-refractivity contribution in [1.29, 1.82) is 0 Å². The number of hydrogen-bond acceptors (Lipinski definition) is 3. The quantitative estimate of drug-likeness (QED) is 0.718. The van der Waals surface area contributed by atoms with Crippen molar-refractivity contribution in [2.75, 3.05) is 6.54 Å². The molecule has 0 heterocycles. The Morgan fingerprint density at radius 3 is 2.65 bits per heavy atom. The van der Waals surface area contributed by atoms with E-state index in [9.17, 15) is 9.90 Å². The van der Waals surface area contributed by atoms with Gasteiger partial charge in [-0.1, -0.05) is 32.0 Å². The molecule has 2 atom stereocenters. The third-order valence-corrected chi connectivity index (χ3v) is 4.64. The Bertz CT molecular complexity index is 450. The zero-order valence-corrected chi connectivity index (χ0v) is 13.6. The zero-order valence-electron chi connectivity index (χ0n) is 12.8. The lowest BCUT2D eigenvalue weighted by Gasteiger charge is -2.29. The third-order valence-electron chi connectivity index (χ3n) is 3.35. The molecule has 0 aliphatic rings. The van der Waals surface area contributed by atoms with Crippen molar-refractivity contribution < 1.29 is 9.90 Å². The average Bonchev–Trinajstić information content (AvgIpc) is 2.39. The summed E-state index contributed by atoms with van der Waals surface area (Å²) in [5.41, 5.74) is 0.383. The van der Waals surface area contributed by atoms with Gasteiger partial charge in [-0.25, -0.2) is 0 Å². The van der Waals surface area contributed by atoms with Gasteiger partial charge < -0.3 is 10.4 Å². The molecule has 0 aromatic heterocycles. The Hall–Kier alpha value is -1.00. The molecular weight excluding hydrogens is 270 g/mol. The van der Waals surface area contributed by atoms with Gasteiger partial charge in [-0.3, -0.25) is 4.79 Å². The van der Waals surface area contributed by atoms with E-state index in [1.54, 1.807) is 18.7 Å². The summed E-state index contributed by atoms with van der Waals surface area (Å²) in [6, 6.07) is 8.22. The number of benzene rings is 1. The maximum absolute atomic E-state index is 11.5. The smallest absolute Gasteiger partial charge is 0.323 e. The summed E-state index contributed by atoms with van der Waals surface area (Å²) in [5.74, 6) is -0.775. The van der Waals surface area contributed by atoms with Gasteiger partial charge >= 0.3 is 5.97 Å². The standard InChI is InChI=1S/C16H25NO2S/c1-5-10-17-16(4,15(18)19)11-13(3)20-14-9-7-6-8-12(14)2/h6-9,13,17H,5,10-11H2,1-4H3,(H,18,19). The van der Waals surface area contributed by atoms with Crippen LogP contribution in [-0.4, -0.2) is 28.4 Å². The molecule has 3 nitrogen and oxygen atoms in total. The SMILES string of the molecule is CCCNC(C)(CC(C)Sc1ccccc1C)C(=O)O. The van der Waals surface area contributed by atoms with Crippen LogP contribution in [0.25, 0.3) is 0 Å². The lowest BCUT2D eigenvalue weighted by atomic mass is 9.96. The molecule has 20 heavy (non-hydrogen) atoms. The molecule has 0 spiro atoms. The van der Waals surface area contributed by atoms with Crippen molar-refractivity contribution in [3.8, 4) is 0 Å². The van der Waals surface area contributed by atoms with Gasteiger partial charge in [-0.15, -0.1) is 11.8 Å². The van der Waals surface area contributed by atoms with Crippen LogP contribution in [0, 0.1) is 6.92 Å². The maximum Gasteiger partial charge on any atom is 0.323 e. The first kappa shape index (κ1) is 17.1. The lowest BCUT2D eigenvalue weighted by molar-refractivity contribution is -0.144. The normalized spacial score (nSPS) is 15.6. The number of rotatable bonds is 8. The topological polar surface area (TPSA) is 49.3 Å². The largest absolute Gasteiger partial charge is 0.480 e. The number of aliphatic carboxylic acids is 1. The second kappa shape index (κ2) is 7.70. The predicted octanol–water partition coefficient (Wildman–Crippen LogP) is 3.71. The fourth-order valence-electron chi connectivity index (χ4n) is 2.16. The molecule has 0 fully saturated rings. The van der Waals surface area contributed by atoms with Crippen LogP contribution in [0.2, 0.25) is 0 Å². The predicted molar refractivity (Wildman–Crippen MR) is 85.4 cm³/mol. The van der Waals surface area contributed by atoms with E-state index in [1.165, 1.54) is 10.5 Å². The summed E-state index contributed by atoms with van der Waals surface area (Å²) in [6.45, 7) is 8.72. The fourth-order valence-corrected chi connectivity index (χ4v) is 3.42. The van der Waals surface area contributed by atoms with Crippen molar-refractivity contribution in [2.45, 2.75) is 56.2 Å². The Kier molecular flexibility index (Phi) is 6.56. The second-order valence-electron chi connectivity index (χ2n) is 5.46. The van der Waals surface area contributed by atoms with Crippen LogP contribution < -0.4 is 5.32 Å². The van der Waals surface area contributed by atoms with E-state index in [-0.39, 0.29) is 5.25 Å². The number of carboxylic acids is 1. The Balaban J connectivity index is 2.69. The maximum atomic E-state index is 11.5. The average molecular weight is 295 g/mol. The zero-order chi connectivity index (χ0) is 15.2. The Labute approximate surface area is 126 Å². The third kappa shape index (κ3) is 4.84. The number of thioether (sulfide) groups is 1. The van der Waals surface area contributed by atoms with Crippen molar-refractivity contribution in [1.82, 2.24) is 5.32 Å². The first-order valence-corrected chi connectivity index (χ1v) is 7.97. The minimum Gasteiger partial charge on any atom is -0.480 e. The van der Waals surface area contributed by atoms with Crippen molar-refractivity contribution in [3.05, 3.63) is 29.8 Å². The fraction of sp³-hybridized carbons (Fsp3) is 0.562. The van der Waals surface area contributed by atoms with Gasteiger partial charge in [0.1, 0.15) is 5.54 Å². The van der Waals surface area contributed by atoms with Crippen molar-refractivity contribution in [2.24, 2.45) is 0 Å². The molecule has 2 N–H and O–H groups in total. The minimum absolute atomic E-state index is 0.238. The molecule has 1 aromatic rings. The molecule has 0 saturated heterocycles. The van der Waals surface area contributed by atoms with Crippen LogP contribution in [0.4, 0.5) is 0 Å². The summed E-state index contributed by atoms with van der Waals surface area (Å²) in [7, 11) is 0. The summed E-state index contributed by atoms with van der Waals surface area (Å²) in [5, 5.41) is 12.9. The minimum atomic E-state index is -0.856. The van der Waals surface area contributed by atoms with Crippen molar-refractivity contribution >= 4 is 17.7 Å². The molecule has 0 saturated carbocycles. The van der Waals surface area contributed by atoms with Crippen LogP contribution in [0.15, 0.2) is 29.2 Å². The van der Waals surface area contributed by atoms with E-state index in [4.69, 9.17) is 0 Å². The Morgan fingerprint density at radius 1 is 1.45 bits per heavy atom. The molecule has 112 valence electrons. The second-order valence-corrected chi connectivity index (χ2v) is 6.94. The molecule has 4 heteroatoms. The van der Waals surface area contributed by atoms with Gasteiger partial charge in [-0.05, 0) is 44.9 Å². The van der Waals surface area contributed by atoms with Crippen LogP contribution in [0.5, 0.6) is 0 Å². The van der Waals surface area contributed by atoms with Crippen molar-refractivity contribution in [3.63, 3.8) is 0 Å². The van der Waals surface area contributed by atoms with Gasteiger partial charge in [0.2, 0.25) is 0 Å². The number of hydrogen-bond donors (Lipinski definition) is 2. The number of carboxylic acid groups (broad SMARTS) is 1. The number of nitrogens with one attached hydrogen (secondary N) is 1. The molecule has 0 aliphatic carbocycles. The van der Waals surface area contributed by atoms with E-state index >= 15 is 0 Å². The van der Waals surface area contributed by atoms with Gasteiger partial charge in [0.15, 0.2) is 0 Å². The van der Waals surface area contributed by atoms with Crippen LogP contribution >= 0.6 is 11.8 Å². The van der Waals surface area contributed by atoms with Crippen LogP contribution in [0.3, 0.4) is 0 Å². The van der Waals surface area contributed by atoms with Gasteiger partial charge in [0.05, 0.1) is 0 Å². The highest BCUT2D eigenvalue weighted by Gasteiger charge is 2.34. The molecule has 1 aromatic carbocycles. The highest BCUT2D eigenvalue weighted by atomic mass is 32.2. The summed E-state index contributed by atoms with van der Waals surface area (Å²) in [6.07, 6.45) is 1.53. The van der Waals surface area contributed by atoms with E-state index < -0.39 is 11.5 Å². The lowest BCUT2D eigenvalue weighted by Crippen LogP contribution is -2.51. The van der Waals surface area contributed by atoms with Crippen LogP contribution in [0.1, 0.15) is 39.2 Å².